The minimum Gasteiger partial charge on any atom is -0.479 e. The van der Waals surface area contributed by atoms with Crippen molar-refractivity contribution in [2.24, 2.45) is 0 Å². The summed E-state index contributed by atoms with van der Waals surface area (Å²) in [7, 11) is 0. The SMILES string of the molecule is CC(O)(CNC(=O)C(CC(F)F)NC(=O)OCC1c2ccccc2-c2ccccc21)C(=O)O. The Kier molecular flexibility index (Phi) is 7.27. The Labute approximate surface area is 188 Å². The molecule has 0 saturated heterocycles. The van der Waals surface area contributed by atoms with Gasteiger partial charge in [-0.1, -0.05) is 48.5 Å². The van der Waals surface area contributed by atoms with Crippen LogP contribution in [0.4, 0.5) is 13.6 Å². The third-order valence-electron chi connectivity index (χ3n) is 5.43. The average Bonchev–Trinajstić information content (AvgIpc) is 3.09. The second-order valence-corrected chi connectivity index (χ2v) is 7.95. The number of carboxylic acids is 1. The van der Waals surface area contributed by atoms with Crippen molar-refractivity contribution in [3.63, 3.8) is 0 Å². The normalized spacial score (nSPS) is 15.2. The topological polar surface area (TPSA) is 125 Å². The molecular formula is C23H24F2N2O6. The Morgan fingerprint density at radius 3 is 2.12 bits per heavy atom. The first-order chi connectivity index (χ1) is 15.6. The molecule has 0 saturated carbocycles. The molecule has 0 heterocycles. The summed E-state index contributed by atoms with van der Waals surface area (Å²) in [6.45, 7) is 0.139. The number of aliphatic hydroxyl groups is 1. The molecule has 2 aromatic carbocycles. The van der Waals surface area contributed by atoms with E-state index < -0.39 is 49.0 Å². The number of nitrogens with one attached hydrogen (secondary N) is 2. The van der Waals surface area contributed by atoms with Crippen LogP contribution in [-0.4, -0.2) is 59.4 Å². The lowest BCUT2D eigenvalue weighted by Crippen LogP contribution is -2.53. The third kappa shape index (κ3) is 5.64. The van der Waals surface area contributed by atoms with Crippen LogP contribution in [0.1, 0.15) is 30.4 Å². The number of ether oxygens (including phenoxy) is 1. The molecule has 2 atom stereocenters. The van der Waals surface area contributed by atoms with E-state index in [1.165, 1.54) is 0 Å². The zero-order valence-corrected chi connectivity index (χ0v) is 17.8. The Hall–Kier alpha value is -3.53. The number of carbonyl (C=O) groups excluding carboxylic acids is 2. The van der Waals surface area contributed by atoms with Crippen molar-refractivity contribution in [3.05, 3.63) is 59.7 Å². The molecule has 4 N–H and O–H groups in total. The summed E-state index contributed by atoms with van der Waals surface area (Å²) in [5.74, 6) is -2.92. The Morgan fingerprint density at radius 2 is 1.61 bits per heavy atom. The largest absolute Gasteiger partial charge is 0.479 e. The molecule has 2 unspecified atom stereocenters. The smallest absolute Gasteiger partial charge is 0.407 e. The van der Waals surface area contributed by atoms with E-state index in [1.807, 2.05) is 48.5 Å². The maximum Gasteiger partial charge on any atom is 0.407 e. The van der Waals surface area contributed by atoms with E-state index in [9.17, 15) is 28.3 Å². The molecule has 176 valence electrons. The third-order valence-corrected chi connectivity index (χ3v) is 5.43. The highest BCUT2D eigenvalue weighted by Crippen LogP contribution is 2.44. The fourth-order valence-electron chi connectivity index (χ4n) is 3.65. The summed E-state index contributed by atoms with van der Waals surface area (Å²) >= 11 is 0. The average molecular weight is 462 g/mol. The van der Waals surface area contributed by atoms with Gasteiger partial charge in [-0.05, 0) is 29.2 Å². The zero-order valence-electron chi connectivity index (χ0n) is 17.8. The second kappa shape index (κ2) is 9.95. The molecule has 2 aromatic rings. The fourth-order valence-corrected chi connectivity index (χ4v) is 3.65. The van der Waals surface area contributed by atoms with Crippen LogP contribution in [0, 0.1) is 0 Å². The van der Waals surface area contributed by atoms with Crippen LogP contribution >= 0.6 is 0 Å². The lowest BCUT2D eigenvalue weighted by atomic mass is 9.98. The van der Waals surface area contributed by atoms with E-state index in [0.717, 1.165) is 29.2 Å². The maximum absolute atomic E-state index is 12.9. The predicted octanol–water partition coefficient (Wildman–Crippen LogP) is 2.50. The van der Waals surface area contributed by atoms with Gasteiger partial charge in [0.25, 0.3) is 0 Å². The molecule has 0 radical (unpaired) electrons. The van der Waals surface area contributed by atoms with Crippen molar-refractivity contribution >= 4 is 18.0 Å². The van der Waals surface area contributed by atoms with Crippen molar-refractivity contribution in [3.8, 4) is 11.1 Å². The van der Waals surface area contributed by atoms with E-state index in [2.05, 4.69) is 10.6 Å². The van der Waals surface area contributed by atoms with Crippen LogP contribution < -0.4 is 10.6 Å². The van der Waals surface area contributed by atoms with Gasteiger partial charge in [-0.25, -0.2) is 18.4 Å². The van der Waals surface area contributed by atoms with Gasteiger partial charge in [0, 0.05) is 12.3 Å². The van der Waals surface area contributed by atoms with E-state index in [-0.39, 0.29) is 12.5 Å². The number of fused-ring (bicyclic) bond motifs is 3. The second-order valence-electron chi connectivity index (χ2n) is 7.95. The van der Waals surface area contributed by atoms with E-state index in [4.69, 9.17) is 9.84 Å². The van der Waals surface area contributed by atoms with Crippen molar-refractivity contribution in [2.75, 3.05) is 13.2 Å². The van der Waals surface area contributed by atoms with Gasteiger partial charge in [0.15, 0.2) is 5.60 Å². The summed E-state index contributed by atoms with van der Waals surface area (Å²) in [6, 6.07) is 13.6. The number of carboxylic acid groups (broad SMARTS) is 1. The number of alkyl halides is 2. The molecule has 1 aliphatic rings. The molecule has 33 heavy (non-hydrogen) atoms. The summed E-state index contributed by atoms with van der Waals surface area (Å²) in [6.07, 6.45) is -5.00. The molecule has 0 fully saturated rings. The first-order valence-electron chi connectivity index (χ1n) is 10.2. The number of carbonyl (C=O) groups is 3. The molecule has 3 rings (SSSR count). The number of rotatable bonds is 9. The lowest BCUT2D eigenvalue weighted by Gasteiger charge is -2.22. The molecule has 0 aromatic heterocycles. The first kappa shape index (κ1) is 24.1. The zero-order chi connectivity index (χ0) is 24.2. The van der Waals surface area contributed by atoms with E-state index in [1.54, 1.807) is 0 Å². The van der Waals surface area contributed by atoms with Crippen LogP contribution in [0.5, 0.6) is 0 Å². The number of alkyl carbamates (subject to hydrolysis) is 1. The van der Waals surface area contributed by atoms with Crippen molar-refractivity contribution < 1.29 is 38.1 Å². The number of benzene rings is 2. The molecule has 8 nitrogen and oxygen atoms in total. The van der Waals surface area contributed by atoms with Crippen LogP contribution in [0.25, 0.3) is 11.1 Å². The lowest BCUT2D eigenvalue weighted by molar-refractivity contribution is -0.156. The van der Waals surface area contributed by atoms with Gasteiger partial charge in [0.1, 0.15) is 12.6 Å². The molecule has 0 aliphatic heterocycles. The van der Waals surface area contributed by atoms with Gasteiger partial charge < -0.3 is 25.6 Å². The van der Waals surface area contributed by atoms with Crippen LogP contribution in [0.2, 0.25) is 0 Å². The molecule has 0 bridgehead atoms. The summed E-state index contributed by atoms with van der Waals surface area (Å²) in [5.41, 5.74) is 1.66. The minimum atomic E-state index is -2.92. The number of aliphatic carboxylic acids is 1. The maximum atomic E-state index is 12.9. The number of halogens is 2. The van der Waals surface area contributed by atoms with Crippen LogP contribution in [0.3, 0.4) is 0 Å². The highest BCUT2D eigenvalue weighted by Gasteiger charge is 2.33. The van der Waals surface area contributed by atoms with Gasteiger partial charge in [-0.2, -0.15) is 0 Å². The molecule has 0 spiro atoms. The summed E-state index contributed by atoms with van der Waals surface area (Å²) in [4.78, 5) is 35.5. The molecule has 2 amide bonds. The van der Waals surface area contributed by atoms with Crippen molar-refractivity contribution in [2.45, 2.75) is 37.3 Å². The summed E-state index contributed by atoms with van der Waals surface area (Å²) in [5, 5.41) is 22.7. The van der Waals surface area contributed by atoms with E-state index in [0.29, 0.717) is 0 Å². The standard InChI is InChI=1S/C23H24F2N2O6/c1-23(32,21(29)30)12-26-20(28)18(10-19(24)25)27-22(31)33-11-17-15-8-4-2-6-13(15)14-7-3-5-9-16(14)17/h2-9,17-19,32H,10-12H2,1H3,(H,26,28)(H,27,31)(H,29,30). The first-order valence-corrected chi connectivity index (χ1v) is 10.2. The van der Waals surface area contributed by atoms with Gasteiger partial charge in [-0.15, -0.1) is 0 Å². The molecule has 1 aliphatic carbocycles. The van der Waals surface area contributed by atoms with Gasteiger partial charge in [-0.3, -0.25) is 4.79 Å². The van der Waals surface area contributed by atoms with Gasteiger partial charge in [0.2, 0.25) is 12.3 Å². The minimum absolute atomic E-state index is 0.0728. The number of amides is 2. The fraction of sp³-hybridized carbons (Fsp3) is 0.348. The molecule has 10 heteroatoms. The predicted molar refractivity (Wildman–Crippen MR) is 114 cm³/mol. The Morgan fingerprint density at radius 1 is 1.06 bits per heavy atom. The Balaban J connectivity index is 1.64. The highest BCUT2D eigenvalue weighted by molar-refractivity contribution is 5.86. The monoisotopic (exact) mass is 462 g/mol. The molecular weight excluding hydrogens is 438 g/mol. The van der Waals surface area contributed by atoms with Gasteiger partial charge >= 0.3 is 12.1 Å². The Bertz CT molecular complexity index is 998. The number of hydrogen-bond donors (Lipinski definition) is 4. The van der Waals surface area contributed by atoms with Crippen molar-refractivity contribution in [1.82, 2.24) is 10.6 Å². The quantitative estimate of drug-likeness (QED) is 0.454. The van der Waals surface area contributed by atoms with E-state index >= 15 is 0 Å². The van der Waals surface area contributed by atoms with Crippen LogP contribution in [-0.2, 0) is 14.3 Å². The van der Waals surface area contributed by atoms with Crippen LogP contribution in [0.15, 0.2) is 48.5 Å². The highest BCUT2D eigenvalue weighted by atomic mass is 19.3. The summed E-state index contributed by atoms with van der Waals surface area (Å²) < 4.78 is 31.2. The number of hydrogen-bond acceptors (Lipinski definition) is 5. The van der Waals surface area contributed by atoms with Gasteiger partial charge in [0.05, 0.1) is 6.54 Å². The van der Waals surface area contributed by atoms with Crippen molar-refractivity contribution in [1.29, 1.82) is 0 Å².